The quantitative estimate of drug-likeness (QED) is 0.193. The van der Waals surface area contributed by atoms with E-state index in [4.69, 9.17) is 12.2 Å². The second-order valence-corrected chi connectivity index (χ2v) is 8.34. The summed E-state index contributed by atoms with van der Waals surface area (Å²) in [7, 11) is 0. The van der Waals surface area contributed by atoms with Crippen LogP contribution >= 0.6 is 12.2 Å². The van der Waals surface area contributed by atoms with E-state index in [-0.39, 0.29) is 0 Å². The number of nitrogens with zero attached hydrogens (tertiary/aromatic N) is 1. The Kier molecular flexibility index (Phi) is 17.6. The molecule has 0 saturated carbocycles. The molecule has 0 radical (unpaired) electrons. The Morgan fingerprint density at radius 1 is 0.708 bits per heavy atom. The van der Waals surface area contributed by atoms with Crippen LogP contribution in [0.5, 0.6) is 0 Å². The van der Waals surface area contributed by atoms with Crippen LogP contribution in [0.4, 0.5) is 0 Å². The molecule has 0 spiro atoms. The van der Waals surface area contributed by atoms with Gasteiger partial charge >= 0.3 is 0 Å². The first kappa shape index (κ1) is 23.9. The van der Waals surface area contributed by atoms with E-state index in [0.29, 0.717) is 5.92 Å². The van der Waals surface area contributed by atoms with Crippen molar-refractivity contribution in [1.29, 1.82) is 0 Å². The standard InChI is InChI=1S/C22H45NS/c1-5-7-9-11-13-14-16-18-22(24)23(20-21(3)4)19-17-15-12-10-8-6-2/h21H,5-20H2,1-4H3. The monoisotopic (exact) mass is 355 g/mol. The van der Waals surface area contributed by atoms with Gasteiger partial charge in [0.1, 0.15) is 0 Å². The van der Waals surface area contributed by atoms with Gasteiger partial charge in [-0.25, -0.2) is 0 Å². The highest BCUT2D eigenvalue weighted by Crippen LogP contribution is 2.13. The molecular formula is C22H45NS. The third-order valence-corrected chi connectivity index (χ3v) is 5.18. The Hall–Kier alpha value is -0.110. The van der Waals surface area contributed by atoms with Gasteiger partial charge in [0.05, 0.1) is 4.99 Å². The molecular weight excluding hydrogens is 310 g/mol. The van der Waals surface area contributed by atoms with Crippen LogP contribution in [0.2, 0.25) is 0 Å². The minimum absolute atomic E-state index is 0.706. The SMILES string of the molecule is CCCCCCCCCC(=S)N(CCCCCCCC)CC(C)C. The molecule has 0 aliphatic heterocycles. The highest BCUT2D eigenvalue weighted by molar-refractivity contribution is 7.80. The van der Waals surface area contributed by atoms with E-state index in [1.807, 2.05) is 0 Å². The van der Waals surface area contributed by atoms with Crippen LogP contribution in [0.3, 0.4) is 0 Å². The smallest absolute Gasteiger partial charge is 0.0779 e. The van der Waals surface area contributed by atoms with E-state index in [2.05, 4.69) is 32.6 Å². The molecule has 0 atom stereocenters. The predicted octanol–water partition coefficient (Wildman–Crippen LogP) is 7.77. The fourth-order valence-electron chi connectivity index (χ4n) is 3.23. The second-order valence-electron chi connectivity index (χ2n) is 7.87. The highest BCUT2D eigenvalue weighted by atomic mass is 32.1. The first-order chi connectivity index (χ1) is 11.6. The van der Waals surface area contributed by atoms with Gasteiger partial charge in [-0.3, -0.25) is 0 Å². The molecule has 0 bridgehead atoms. The molecule has 0 aromatic rings. The van der Waals surface area contributed by atoms with Crippen LogP contribution in [-0.4, -0.2) is 23.0 Å². The van der Waals surface area contributed by atoms with Crippen molar-refractivity contribution in [2.45, 2.75) is 118 Å². The van der Waals surface area contributed by atoms with Gasteiger partial charge in [-0.05, 0) is 25.2 Å². The zero-order valence-electron chi connectivity index (χ0n) is 17.2. The average molecular weight is 356 g/mol. The Labute approximate surface area is 159 Å². The zero-order valence-corrected chi connectivity index (χ0v) is 18.1. The molecule has 0 aliphatic carbocycles. The van der Waals surface area contributed by atoms with E-state index in [1.54, 1.807) is 0 Å². The normalized spacial score (nSPS) is 11.2. The topological polar surface area (TPSA) is 3.24 Å². The van der Waals surface area contributed by atoms with Crippen LogP contribution in [0.1, 0.15) is 118 Å². The Morgan fingerprint density at radius 2 is 1.17 bits per heavy atom. The maximum atomic E-state index is 5.76. The maximum absolute atomic E-state index is 5.76. The molecule has 0 aromatic carbocycles. The Balaban J connectivity index is 3.86. The summed E-state index contributed by atoms with van der Waals surface area (Å²) in [6.45, 7) is 11.5. The van der Waals surface area contributed by atoms with Gasteiger partial charge in [0, 0.05) is 13.1 Å². The molecule has 0 aliphatic rings. The van der Waals surface area contributed by atoms with E-state index >= 15 is 0 Å². The van der Waals surface area contributed by atoms with Crippen molar-refractivity contribution in [3.05, 3.63) is 0 Å². The Morgan fingerprint density at radius 3 is 1.67 bits per heavy atom. The molecule has 0 fully saturated rings. The van der Waals surface area contributed by atoms with Gasteiger partial charge in [-0.2, -0.15) is 0 Å². The lowest BCUT2D eigenvalue weighted by Crippen LogP contribution is -2.33. The number of rotatable bonds is 17. The van der Waals surface area contributed by atoms with Crippen molar-refractivity contribution in [1.82, 2.24) is 4.90 Å². The van der Waals surface area contributed by atoms with Crippen LogP contribution in [0.25, 0.3) is 0 Å². The molecule has 0 rings (SSSR count). The summed E-state index contributed by atoms with van der Waals surface area (Å²) in [4.78, 5) is 3.74. The summed E-state index contributed by atoms with van der Waals surface area (Å²) < 4.78 is 0. The third kappa shape index (κ3) is 15.4. The number of thiocarbonyl (C=S) groups is 1. The average Bonchev–Trinajstić information content (AvgIpc) is 2.55. The van der Waals surface area contributed by atoms with Crippen LogP contribution in [-0.2, 0) is 0 Å². The van der Waals surface area contributed by atoms with Crippen molar-refractivity contribution >= 4 is 17.2 Å². The summed E-state index contributed by atoms with van der Waals surface area (Å²) in [6, 6.07) is 0. The van der Waals surface area contributed by atoms with Gasteiger partial charge in [-0.15, -0.1) is 0 Å². The second kappa shape index (κ2) is 17.7. The van der Waals surface area contributed by atoms with Gasteiger partial charge in [0.15, 0.2) is 0 Å². The fraction of sp³-hybridized carbons (Fsp3) is 0.955. The van der Waals surface area contributed by atoms with Crippen molar-refractivity contribution in [2.24, 2.45) is 5.92 Å². The van der Waals surface area contributed by atoms with Crippen LogP contribution in [0.15, 0.2) is 0 Å². The molecule has 144 valence electrons. The van der Waals surface area contributed by atoms with Crippen molar-refractivity contribution < 1.29 is 0 Å². The van der Waals surface area contributed by atoms with Crippen LogP contribution < -0.4 is 0 Å². The van der Waals surface area contributed by atoms with Crippen LogP contribution in [0, 0.1) is 5.92 Å². The number of hydrogen-bond acceptors (Lipinski definition) is 1. The first-order valence-electron chi connectivity index (χ1n) is 10.9. The van der Waals surface area contributed by atoms with Gasteiger partial charge < -0.3 is 4.90 Å². The molecule has 1 nitrogen and oxygen atoms in total. The first-order valence-corrected chi connectivity index (χ1v) is 11.3. The predicted molar refractivity (Wildman–Crippen MR) is 115 cm³/mol. The molecule has 0 saturated heterocycles. The van der Waals surface area contributed by atoms with E-state index < -0.39 is 0 Å². The summed E-state index contributed by atoms with van der Waals surface area (Å²) in [5, 5.41) is 0. The summed E-state index contributed by atoms with van der Waals surface area (Å²) >= 11 is 5.76. The van der Waals surface area contributed by atoms with Crippen molar-refractivity contribution in [3.8, 4) is 0 Å². The van der Waals surface area contributed by atoms with E-state index in [1.165, 1.54) is 95.0 Å². The van der Waals surface area contributed by atoms with Gasteiger partial charge in [-0.1, -0.05) is 111 Å². The minimum Gasteiger partial charge on any atom is -0.366 e. The molecule has 24 heavy (non-hydrogen) atoms. The lowest BCUT2D eigenvalue weighted by molar-refractivity contribution is 0.352. The van der Waals surface area contributed by atoms with Gasteiger partial charge in [0.25, 0.3) is 0 Å². The molecule has 0 aromatic heterocycles. The highest BCUT2D eigenvalue weighted by Gasteiger charge is 2.11. The molecule has 0 amide bonds. The molecule has 0 N–H and O–H groups in total. The zero-order chi connectivity index (χ0) is 18.0. The fourth-order valence-corrected chi connectivity index (χ4v) is 3.54. The maximum Gasteiger partial charge on any atom is 0.0779 e. The number of hydrogen-bond donors (Lipinski definition) is 0. The Bertz CT molecular complexity index is 275. The molecule has 0 heterocycles. The van der Waals surface area contributed by atoms with E-state index in [9.17, 15) is 0 Å². The lowest BCUT2D eigenvalue weighted by atomic mass is 10.1. The summed E-state index contributed by atoms with van der Waals surface area (Å²) in [6.07, 6.45) is 19.0. The number of unbranched alkanes of at least 4 members (excludes halogenated alkanes) is 11. The van der Waals surface area contributed by atoms with Crippen molar-refractivity contribution in [3.63, 3.8) is 0 Å². The largest absolute Gasteiger partial charge is 0.366 e. The minimum atomic E-state index is 0.706. The van der Waals surface area contributed by atoms with Gasteiger partial charge in [0.2, 0.25) is 0 Å². The summed E-state index contributed by atoms with van der Waals surface area (Å²) in [5.74, 6) is 0.706. The lowest BCUT2D eigenvalue weighted by Gasteiger charge is -2.27. The summed E-state index contributed by atoms with van der Waals surface area (Å²) in [5.41, 5.74) is 0. The van der Waals surface area contributed by atoms with E-state index in [0.717, 1.165) is 13.0 Å². The molecule has 2 heteroatoms. The molecule has 0 unspecified atom stereocenters. The third-order valence-electron chi connectivity index (χ3n) is 4.71. The van der Waals surface area contributed by atoms with Crippen molar-refractivity contribution in [2.75, 3.05) is 13.1 Å².